The van der Waals surface area contributed by atoms with E-state index < -0.39 is 5.41 Å². The van der Waals surface area contributed by atoms with Crippen LogP contribution in [0.1, 0.15) is 41.5 Å². The molecule has 0 saturated carbocycles. The Balaban J connectivity index is 1.52. The Kier molecular flexibility index (Phi) is 4.92. The summed E-state index contributed by atoms with van der Waals surface area (Å²) in [5.41, 5.74) is 6.82. The minimum atomic E-state index is -0.471. The van der Waals surface area contributed by atoms with Crippen molar-refractivity contribution >= 4 is 0 Å². The van der Waals surface area contributed by atoms with Crippen molar-refractivity contribution in [3.63, 3.8) is 0 Å². The maximum absolute atomic E-state index is 10.0. The molecule has 1 aliphatic heterocycles. The van der Waals surface area contributed by atoms with Crippen LogP contribution in [0.3, 0.4) is 0 Å². The molecule has 0 radical (unpaired) electrons. The Labute approximate surface area is 194 Å². The van der Waals surface area contributed by atoms with Gasteiger partial charge in [0.05, 0.1) is 12.0 Å². The van der Waals surface area contributed by atoms with Crippen molar-refractivity contribution < 1.29 is 14.6 Å². The monoisotopic (exact) mass is 434 g/mol. The van der Waals surface area contributed by atoms with E-state index in [1.54, 1.807) is 12.1 Å². The molecule has 1 aliphatic carbocycles. The third-order valence-corrected chi connectivity index (χ3v) is 6.95. The first-order valence-corrected chi connectivity index (χ1v) is 11.6. The van der Waals surface area contributed by atoms with E-state index >= 15 is 0 Å². The summed E-state index contributed by atoms with van der Waals surface area (Å²) in [5.74, 6) is 1.09. The van der Waals surface area contributed by atoms with E-state index in [9.17, 15) is 5.11 Å². The van der Waals surface area contributed by atoms with E-state index in [1.807, 2.05) is 12.1 Å². The Morgan fingerprint density at radius 2 is 1.27 bits per heavy atom. The molecule has 1 heterocycles. The average molecular weight is 435 g/mol. The summed E-state index contributed by atoms with van der Waals surface area (Å²) in [6.45, 7) is 0.764. The quantitative estimate of drug-likeness (QED) is 0.344. The Morgan fingerprint density at radius 1 is 0.697 bits per heavy atom. The summed E-state index contributed by atoms with van der Waals surface area (Å²) in [4.78, 5) is 0. The van der Waals surface area contributed by atoms with E-state index in [0.717, 1.165) is 37.2 Å². The van der Waals surface area contributed by atoms with Gasteiger partial charge in [0.1, 0.15) is 11.5 Å². The van der Waals surface area contributed by atoms with Gasteiger partial charge in [-0.3, -0.25) is 0 Å². The van der Waals surface area contributed by atoms with Crippen LogP contribution in [0.2, 0.25) is 0 Å². The largest absolute Gasteiger partial charge is 0.508 e. The summed E-state index contributed by atoms with van der Waals surface area (Å²) in [6, 6.07) is 33.3. The fourth-order valence-corrected chi connectivity index (χ4v) is 5.47. The van der Waals surface area contributed by atoms with Gasteiger partial charge in [-0.2, -0.15) is 0 Å². The van der Waals surface area contributed by atoms with E-state index in [-0.39, 0.29) is 12.0 Å². The van der Waals surface area contributed by atoms with Crippen molar-refractivity contribution in [1.82, 2.24) is 0 Å². The zero-order chi connectivity index (χ0) is 22.3. The van der Waals surface area contributed by atoms with Gasteiger partial charge >= 0.3 is 0 Å². The zero-order valence-corrected chi connectivity index (χ0v) is 18.4. The van der Waals surface area contributed by atoms with Gasteiger partial charge in [0.2, 0.25) is 0 Å². The standard InChI is InChI=1S/C30H26O3/c31-23-16-12-21(13-17-23)30(22-14-18-24(19-15-22)33-29-11-5-6-20-32-29)27-9-3-1-7-25(27)26-8-2-4-10-28(26)30/h1-4,7-10,12-19,29,31H,5-6,11,20H2. The second-order valence-corrected chi connectivity index (χ2v) is 8.83. The summed E-state index contributed by atoms with van der Waals surface area (Å²) in [7, 11) is 0. The fraction of sp³-hybridized carbons (Fsp3) is 0.200. The lowest BCUT2D eigenvalue weighted by Gasteiger charge is -2.34. The fourth-order valence-electron chi connectivity index (χ4n) is 5.47. The number of fused-ring (bicyclic) bond motifs is 3. The van der Waals surface area contributed by atoms with Crippen molar-refractivity contribution in [1.29, 1.82) is 0 Å². The van der Waals surface area contributed by atoms with Crippen LogP contribution >= 0.6 is 0 Å². The summed E-state index contributed by atoms with van der Waals surface area (Å²) >= 11 is 0. The smallest absolute Gasteiger partial charge is 0.199 e. The predicted octanol–water partition coefficient (Wildman–Crippen LogP) is 6.66. The van der Waals surface area contributed by atoms with E-state index in [4.69, 9.17) is 9.47 Å². The lowest BCUT2D eigenvalue weighted by molar-refractivity contribution is -0.105. The molecule has 1 fully saturated rings. The van der Waals surface area contributed by atoms with Gasteiger partial charge in [0.25, 0.3) is 0 Å². The minimum Gasteiger partial charge on any atom is -0.508 e. The third-order valence-electron chi connectivity index (χ3n) is 6.95. The number of phenols is 1. The van der Waals surface area contributed by atoms with Crippen molar-refractivity contribution in [2.75, 3.05) is 6.61 Å². The van der Waals surface area contributed by atoms with Crippen LogP contribution in [0.15, 0.2) is 97.1 Å². The number of benzene rings is 4. The van der Waals surface area contributed by atoms with Crippen LogP contribution in [0.25, 0.3) is 11.1 Å². The first-order chi connectivity index (χ1) is 16.3. The molecule has 6 rings (SSSR count). The number of hydrogen-bond donors (Lipinski definition) is 1. The molecule has 33 heavy (non-hydrogen) atoms. The SMILES string of the molecule is Oc1ccc(C2(c3ccc(OC4CCCCO4)cc3)c3ccccc3-c3ccccc32)cc1. The molecule has 1 atom stereocenters. The lowest BCUT2D eigenvalue weighted by atomic mass is 9.68. The second-order valence-electron chi connectivity index (χ2n) is 8.83. The molecule has 4 aromatic carbocycles. The first-order valence-electron chi connectivity index (χ1n) is 11.6. The van der Waals surface area contributed by atoms with Crippen LogP contribution in [0, 0.1) is 0 Å². The number of rotatable bonds is 4. The summed E-state index contributed by atoms with van der Waals surface area (Å²) < 4.78 is 11.9. The molecule has 0 spiro atoms. The van der Waals surface area contributed by atoms with Gasteiger partial charge in [-0.1, -0.05) is 72.8 Å². The van der Waals surface area contributed by atoms with Crippen LogP contribution in [0.5, 0.6) is 11.5 Å². The summed E-state index contributed by atoms with van der Waals surface area (Å²) in [6.07, 6.45) is 3.01. The van der Waals surface area contributed by atoms with Crippen molar-refractivity contribution in [2.24, 2.45) is 0 Å². The normalized spacial score (nSPS) is 18.4. The van der Waals surface area contributed by atoms with Gasteiger partial charge in [0, 0.05) is 6.42 Å². The lowest BCUT2D eigenvalue weighted by Crippen LogP contribution is -2.28. The van der Waals surface area contributed by atoms with Crippen LogP contribution in [0.4, 0.5) is 0 Å². The van der Waals surface area contributed by atoms with Gasteiger partial charge in [0.15, 0.2) is 6.29 Å². The van der Waals surface area contributed by atoms with Crippen molar-refractivity contribution in [2.45, 2.75) is 31.0 Å². The topological polar surface area (TPSA) is 38.7 Å². The molecule has 0 aromatic heterocycles. The molecule has 0 bridgehead atoms. The Morgan fingerprint density at radius 3 is 1.85 bits per heavy atom. The number of aromatic hydroxyl groups is 1. The van der Waals surface area contributed by atoms with E-state index in [2.05, 4.69) is 72.8 Å². The molecular weight excluding hydrogens is 408 g/mol. The number of hydrogen-bond acceptors (Lipinski definition) is 3. The van der Waals surface area contributed by atoms with E-state index in [1.165, 1.54) is 27.8 Å². The molecule has 164 valence electrons. The van der Waals surface area contributed by atoms with E-state index in [0.29, 0.717) is 0 Å². The first kappa shape index (κ1) is 20.1. The van der Waals surface area contributed by atoms with Gasteiger partial charge < -0.3 is 14.6 Å². The van der Waals surface area contributed by atoms with Crippen LogP contribution < -0.4 is 4.74 Å². The van der Waals surface area contributed by atoms with Crippen LogP contribution in [-0.2, 0) is 10.2 Å². The number of ether oxygens (including phenoxy) is 2. The Bertz CT molecular complexity index is 1220. The maximum Gasteiger partial charge on any atom is 0.199 e. The molecule has 2 aliphatic rings. The highest BCUT2D eigenvalue weighted by Gasteiger charge is 2.45. The average Bonchev–Trinajstić information content (AvgIpc) is 3.17. The van der Waals surface area contributed by atoms with Gasteiger partial charge in [-0.25, -0.2) is 0 Å². The molecule has 0 amide bonds. The highest BCUT2D eigenvalue weighted by Crippen LogP contribution is 2.56. The zero-order valence-electron chi connectivity index (χ0n) is 18.4. The Hall–Kier alpha value is -3.56. The third kappa shape index (κ3) is 3.23. The minimum absolute atomic E-state index is 0.163. The number of phenolic OH excluding ortho intramolecular Hbond substituents is 1. The second kappa shape index (κ2) is 8.09. The van der Waals surface area contributed by atoms with Gasteiger partial charge in [-0.15, -0.1) is 0 Å². The van der Waals surface area contributed by atoms with Crippen molar-refractivity contribution in [3.8, 4) is 22.6 Å². The summed E-state index contributed by atoms with van der Waals surface area (Å²) in [5, 5.41) is 10.0. The molecule has 3 heteroatoms. The highest BCUT2D eigenvalue weighted by molar-refractivity contribution is 5.86. The maximum atomic E-state index is 10.0. The molecule has 4 aromatic rings. The molecule has 3 nitrogen and oxygen atoms in total. The van der Waals surface area contributed by atoms with Crippen molar-refractivity contribution in [3.05, 3.63) is 119 Å². The molecule has 1 N–H and O–H groups in total. The predicted molar refractivity (Wildman–Crippen MR) is 130 cm³/mol. The molecule has 1 unspecified atom stereocenters. The van der Waals surface area contributed by atoms with Gasteiger partial charge in [-0.05, 0) is 70.5 Å². The molecule has 1 saturated heterocycles. The van der Waals surface area contributed by atoms with Crippen LogP contribution in [-0.4, -0.2) is 18.0 Å². The molecular formula is C30H26O3. The highest BCUT2D eigenvalue weighted by atomic mass is 16.7.